The average molecular weight is 347 g/mol. The monoisotopic (exact) mass is 347 g/mol. The van der Waals surface area contributed by atoms with Gasteiger partial charge in [0.05, 0.1) is 17.1 Å². The average Bonchev–Trinajstić information content (AvgIpc) is 3.27. The molecule has 0 radical (unpaired) electrons. The fourth-order valence-electron chi connectivity index (χ4n) is 2.71. The third kappa shape index (κ3) is 3.33. The Kier molecular flexibility index (Phi) is 4.20. The first kappa shape index (κ1) is 16.0. The summed E-state index contributed by atoms with van der Waals surface area (Å²) in [5.74, 6) is 0.272. The van der Waals surface area contributed by atoms with Crippen molar-refractivity contribution in [2.45, 2.75) is 6.10 Å². The minimum Gasteiger partial charge on any atom is -0.492 e. The van der Waals surface area contributed by atoms with Crippen molar-refractivity contribution in [2.75, 3.05) is 11.9 Å². The second-order valence-corrected chi connectivity index (χ2v) is 5.90. The number of nitrogens with one attached hydrogen (secondary N) is 2. The van der Waals surface area contributed by atoms with Gasteiger partial charge in [-0.3, -0.25) is 0 Å². The summed E-state index contributed by atoms with van der Waals surface area (Å²) >= 11 is 0. The van der Waals surface area contributed by atoms with Gasteiger partial charge in [-0.2, -0.15) is 4.98 Å². The molecule has 3 aromatic rings. The molecule has 0 bridgehead atoms. The number of fused-ring (bicyclic) bond motifs is 1. The van der Waals surface area contributed by atoms with E-state index < -0.39 is 6.10 Å². The number of hydrogen-bond acceptors (Lipinski definition) is 6. The number of aromatic nitrogens is 2. The summed E-state index contributed by atoms with van der Waals surface area (Å²) in [7, 11) is 0. The van der Waals surface area contributed by atoms with Gasteiger partial charge in [0.15, 0.2) is 0 Å². The molecular formula is C19H17N5O2. The molecule has 2 aromatic carbocycles. The Bertz CT molecular complexity index is 1070. The summed E-state index contributed by atoms with van der Waals surface area (Å²) in [6.45, 7) is 0.269. The third-order valence-corrected chi connectivity index (χ3v) is 4.06. The molecule has 1 aliphatic rings. The van der Waals surface area contributed by atoms with Gasteiger partial charge in [0.1, 0.15) is 12.0 Å². The minimum atomic E-state index is -0.672. The predicted molar refractivity (Wildman–Crippen MR) is 99.1 cm³/mol. The van der Waals surface area contributed by atoms with E-state index in [1.54, 1.807) is 6.08 Å². The van der Waals surface area contributed by atoms with Crippen LogP contribution in [0.4, 0.5) is 11.6 Å². The van der Waals surface area contributed by atoms with Crippen LogP contribution in [0.15, 0.2) is 58.5 Å². The Morgan fingerprint density at radius 3 is 2.85 bits per heavy atom. The van der Waals surface area contributed by atoms with Crippen molar-refractivity contribution in [3.63, 3.8) is 0 Å². The zero-order valence-corrected chi connectivity index (χ0v) is 13.8. The van der Waals surface area contributed by atoms with Crippen LogP contribution in [0.5, 0.6) is 5.88 Å². The first-order valence-corrected chi connectivity index (χ1v) is 8.17. The maximum atomic E-state index is 10.2. The van der Waals surface area contributed by atoms with Gasteiger partial charge in [-0.1, -0.05) is 36.4 Å². The molecule has 0 fully saturated rings. The van der Waals surface area contributed by atoms with Crippen LogP contribution >= 0.6 is 0 Å². The topological polar surface area (TPSA) is 106 Å². The van der Waals surface area contributed by atoms with Gasteiger partial charge in [0.2, 0.25) is 11.8 Å². The molecular weight excluding hydrogens is 330 g/mol. The standard InChI is InChI=1S/C19H17N5O2/c25-17(13-4-2-1-3-5-13)10-20-19-23-16(18(26)24-19)9-12-6-7-14-15(8-12)22-11-21-14/h1-9,11,17,25-26H,10H2,(H2,20,23,24). The van der Waals surface area contributed by atoms with Crippen LogP contribution in [0.25, 0.3) is 6.08 Å². The number of nitrogens with zero attached hydrogens (tertiary/aromatic N) is 3. The van der Waals surface area contributed by atoms with E-state index in [-0.39, 0.29) is 12.4 Å². The van der Waals surface area contributed by atoms with Gasteiger partial charge in [-0.05, 0) is 29.0 Å². The summed E-state index contributed by atoms with van der Waals surface area (Å²) in [5.41, 5.74) is 2.08. The third-order valence-electron chi connectivity index (χ3n) is 4.06. The number of aromatic hydroxyl groups is 1. The van der Waals surface area contributed by atoms with Gasteiger partial charge in [-0.25, -0.2) is 9.98 Å². The SMILES string of the molecule is Oc1nc(NCC(O)c2ccccc2)[nH]c1C=c1ccc2c(c1)N=CN=2. The van der Waals surface area contributed by atoms with Crippen LogP contribution in [-0.2, 0) is 0 Å². The molecule has 1 aliphatic heterocycles. The van der Waals surface area contributed by atoms with Crippen LogP contribution < -0.4 is 15.9 Å². The Labute approximate surface area is 149 Å². The number of H-pyrrole nitrogens is 1. The number of rotatable bonds is 5. The van der Waals surface area contributed by atoms with E-state index >= 15 is 0 Å². The lowest BCUT2D eigenvalue weighted by molar-refractivity contribution is 0.191. The number of aromatic amines is 1. The Balaban J connectivity index is 1.50. The molecule has 26 heavy (non-hydrogen) atoms. The second-order valence-electron chi connectivity index (χ2n) is 5.90. The van der Waals surface area contributed by atoms with Crippen molar-refractivity contribution < 1.29 is 10.2 Å². The first-order valence-electron chi connectivity index (χ1n) is 8.17. The molecule has 0 aliphatic carbocycles. The van der Waals surface area contributed by atoms with E-state index in [0.29, 0.717) is 11.6 Å². The highest BCUT2D eigenvalue weighted by Crippen LogP contribution is 2.18. The van der Waals surface area contributed by atoms with Crippen LogP contribution in [-0.4, -0.2) is 33.1 Å². The van der Waals surface area contributed by atoms with E-state index in [9.17, 15) is 10.2 Å². The lowest BCUT2D eigenvalue weighted by Crippen LogP contribution is -2.12. The van der Waals surface area contributed by atoms with E-state index in [4.69, 9.17) is 0 Å². The number of benzene rings is 2. The fourth-order valence-corrected chi connectivity index (χ4v) is 2.71. The van der Waals surface area contributed by atoms with Crippen molar-refractivity contribution in [3.8, 4) is 5.88 Å². The molecule has 0 spiro atoms. The minimum absolute atomic E-state index is 0.115. The Morgan fingerprint density at radius 1 is 1.15 bits per heavy atom. The molecule has 130 valence electrons. The maximum Gasteiger partial charge on any atom is 0.238 e. The first-order chi connectivity index (χ1) is 12.7. The van der Waals surface area contributed by atoms with Crippen LogP contribution in [0, 0.1) is 0 Å². The van der Waals surface area contributed by atoms with Gasteiger partial charge in [0.25, 0.3) is 0 Å². The molecule has 7 nitrogen and oxygen atoms in total. The number of aliphatic imine (C=N–C) groups is 1. The van der Waals surface area contributed by atoms with Gasteiger partial charge in [0, 0.05) is 6.54 Å². The quantitative estimate of drug-likeness (QED) is 0.559. The molecule has 4 N–H and O–H groups in total. The van der Waals surface area contributed by atoms with Gasteiger partial charge >= 0.3 is 0 Å². The van der Waals surface area contributed by atoms with Crippen LogP contribution in [0.2, 0.25) is 0 Å². The molecule has 0 saturated heterocycles. The highest BCUT2D eigenvalue weighted by molar-refractivity contribution is 5.67. The van der Waals surface area contributed by atoms with Crippen molar-refractivity contribution in [1.82, 2.24) is 9.97 Å². The Hall–Kier alpha value is -3.45. The molecule has 1 aromatic heterocycles. The molecule has 1 atom stereocenters. The number of aliphatic hydroxyl groups is 1. The van der Waals surface area contributed by atoms with Gasteiger partial charge < -0.3 is 20.5 Å². The maximum absolute atomic E-state index is 10.2. The summed E-state index contributed by atoms with van der Waals surface area (Å²) in [6.07, 6.45) is 2.62. The molecule has 0 saturated carbocycles. The lowest BCUT2D eigenvalue weighted by atomic mass is 10.1. The molecule has 1 unspecified atom stereocenters. The lowest BCUT2D eigenvalue weighted by Gasteiger charge is -2.11. The molecule has 2 heterocycles. The van der Waals surface area contributed by atoms with E-state index in [1.807, 2.05) is 48.5 Å². The van der Waals surface area contributed by atoms with Crippen molar-refractivity contribution in [2.24, 2.45) is 9.98 Å². The second kappa shape index (κ2) is 6.81. The van der Waals surface area contributed by atoms with Crippen molar-refractivity contribution in [3.05, 3.63) is 70.4 Å². The summed E-state index contributed by atoms with van der Waals surface area (Å²) in [6, 6.07) is 15.0. The van der Waals surface area contributed by atoms with E-state index in [2.05, 4.69) is 25.3 Å². The zero-order valence-electron chi connectivity index (χ0n) is 13.8. The predicted octanol–water partition coefficient (Wildman–Crippen LogP) is 1.38. The normalized spacial score (nSPS) is 14.1. The summed E-state index contributed by atoms with van der Waals surface area (Å²) < 4.78 is 0. The molecule has 7 heteroatoms. The van der Waals surface area contributed by atoms with E-state index in [1.165, 1.54) is 6.34 Å². The fraction of sp³-hybridized carbons (Fsp3) is 0.105. The van der Waals surface area contributed by atoms with Crippen LogP contribution in [0.1, 0.15) is 17.4 Å². The van der Waals surface area contributed by atoms with Crippen molar-refractivity contribution in [1.29, 1.82) is 0 Å². The molecule has 4 rings (SSSR count). The number of imidazole rings is 1. The number of aliphatic hydroxyl groups excluding tert-OH is 1. The summed E-state index contributed by atoms with van der Waals surface area (Å²) in [4.78, 5) is 15.3. The summed E-state index contributed by atoms with van der Waals surface area (Å²) in [5, 5.41) is 24.9. The van der Waals surface area contributed by atoms with Gasteiger partial charge in [-0.15, -0.1) is 0 Å². The molecule has 0 amide bonds. The smallest absolute Gasteiger partial charge is 0.238 e. The highest BCUT2D eigenvalue weighted by atomic mass is 16.3. The van der Waals surface area contributed by atoms with Crippen LogP contribution in [0.3, 0.4) is 0 Å². The van der Waals surface area contributed by atoms with Crippen molar-refractivity contribution >= 4 is 24.1 Å². The van der Waals surface area contributed by atoms with E-state index in [0.717, 1.165) is 21.8 Å². The Morgan fingerprint density at radius 2 is 2.00 bits per heavy atom. The number of anilines is 1. The zero-order chi connectivity index (χ0) is 17.9. The highest BCUT2D eigenvalue weighted by Gasteiger charge is 2.10. The largest absolute Gasteiger partial charge is 0.492 e. The number of hydrogen-bond donors (Lipinski definition) is 4.